The summed E-state index contributed by atoms with van der Waals surface area (Å²) in [6.45, 7) is 6.05. The van der Waals surface area contributed by atoms with Crippen molar-refractivity contribution in [2.75, 3.05) is 13.1 Å². The number of H-pyrrole nitrogens is 1. The highest BCUT2D eigenvalue weighted by Gasteiger charge is 2.22. The van der Waals surface area contributed by atoms with Crippen LogP contribution in [0.5, 0.6) is 0 Å². The van der Waals surface area contributed by atoms with Crippen molar-refractivity contribution < 1.29 is 4.79 Å². The third-order valence-electron chi connectivity index (χ3n) is 4.28. The quantitative estimate of drug-likeness (QED) is 0.909. The number of carbonyl (C=O) groups is 1. The van der Waals surface area contributed by atoms with E-state index in [0.717, 1.165) is 42.4 Å². The van der Waals surface area contributed by atoms with Crippen molar-refractivity contribution in [3.63, 3.8) is 0 Å². The molecule has 3 rings (SSSR count). The second kappa shape index (κ2) is 6.48. The van der Waals surface area contributed by atoms with Crippen LogP contribution < -0.4 is 5.32 Å². The average Bonchev–Trinajstić information content (AvgIpc) is 2.95. The van der Waals surface area contributed by atoms with Crippen LogP contribution in [0.2, 0.25) is 0 Å². The van der Waals surface area contributed by atoms with E-state index in [2.05, 4.69) is 29.4 Å². The SMILES string of the molecule is CC(C)NC1CCN(C(=O)Cc2ccc3cn[nH]c3c2)CC1. The zero-order valence-corrected chi connectivity index (χ0v) is 13.3. The first-order valence-corrected chi connectivity index (χ1v) is 8.07. The van der Waals surface area contributed by atoms with E-state index in [-0.39, 0.29) is 5.91 Å². The minimum Gasteiger partial charge on any atom is -0.342 e. The van der Waals surface area contributed by atoms with Gasteiger partial charge in [-0.3, -0.25) is 9.89 Å². The van der Waals surface area contributed by atoms with Crippen LogP contribution in [-0.4, -0.2) is 46.2 Å². The predicted molar refractivity (Wildman–Crippen MR) is 87.7 cm³/mol. The zero-order chi connectivity index (χ0) is 15.5. The lowest BCUT2D eigenvalue weighted by Gasteiger charge is -2.33. The number of aromatic nitrogens is 2. The summed E-state index contributed by atoms with van der Waals surface area (Å²) in [6, 6.07) is 7.11. The van der Waals surface area contributed by atoms with Gasteiger partial charge < -0.3 is 10.2 Å². The van der Waals surface area contributed by atoms with Gasteiger partial charge in [-0.1, -0.05) is 26.0 Å². The molecule has 0 spiro atoms. The molecule has 2 N–H and O–H groups in total. The molecule has 1 aliphatic heterocycles. The van der Waals surface area contributed by atoms with Gasteiger partial charge in [-0.25, -0.2) is 0 Å². The van der Waals surface area contributed by atoms with Gasteiger partial charge in [0.2, 0.25) is 5.91 Å². The van der Waals surface area contributed by atoms with Gasteiger partial charge in [0, 0.05) is 30.6 Å². The van der Waals surface area contributed by atoms with Gasteiger partial charge >= 0.3 is 0 Å². The van der Waals surface area contributed by atoms with Gasteiger partial charge in [0.1, 0.15) is 0 Å². The number of piperidine rings is 1. The lowest BCUT2D eigenvalue weighted by molar-refractivity contribution is -0.131. The van der Waals surface area contributed by atoms with E-state index >= 15 is 0 Å². The molecular weight excluding hydrogens is 276 g/mol. The van der Waals surface area contributed by atoms with Crippen molar-refractivity contribution in [3.8, 4) is 0 Å². The van der Waals surface area contributed by atoms with Crippen molar-refractivity contribution in [1.29, 1.82) is 0 Å². The molecule has 2 aromatic rings. The maximum atomic E-state index is 12.5. The summed E-state index contributed by atoms with van der Waals surface area (Å²) in [7, 11) is 0. The minimum atomic E-state index is 0.224. The summed E-state index contributed by atoms with van der Waals surface area (Å²) in [5, 5.41) is 11.6. The highest BCUT2D eigenvalue weighted by Crippen LogP contribution is 2.16. The number of hydrogen-bond donors (Lipinski definition) is 2. The largest absolute Gasteiger partial charge is 0.342 e. The number of likely N-dealkylation sites (tertiary alicyclic amines) is 1. The Morgan fingerprint density at radius 1 is 1.41 bits per heavy atom. The number of rotatable bonds is 4. The Morgan fingerprint density at radius 3 is 2.91 bits per heavy atom. The highest BCUT2D eigenvalue weighted by molar-refractivity contribution is 5.82. The summed E-state index contributed by atoms with van der Waals surface area (Å²) < 4.78 is 0. The van der Waals surface area contributed by atoms with Crippen LogP contribution in [0.15, 0.2) is 24.4 Å². The standard InChI is InChI=1S/C17H24N4O/c1-12(2)19-15-5-7-21(8-6-15)17(22)10-13-3-4-14-11-18-20-16(14)9-13/h3-4,9,11-12,15,19H,5-8,10H2,1-2H3,(H,18,20). The van der Waals surface area contributed by atoms with Crippen LogP contribution in [-0.2, 0) is 11.2 Å². The second-order valence-electron chi connectivity index (χ2n) is 6.44. The number of hydrogen-bond acceptors (Lipinski definition) is 3. The molecule has 1 fully saturated rings. The fourth-order valence-corrected chi connectivity index (χ4v) is 3.15. The lowest BCUT2D eigenvalue weighted by atomic mass is 10.0. The predicted octanol–water partition coefficient (Wildman–Crippen LogP) is 2.09. The minimum absolute atomic E-state index is 0.224. The van der Waals surface area contributed by atoms with Crippen LogP contribution in [0, 0.1) is 0 Å². The van der Waals surface area contributed by atoms with Crippen LogP contribution in [0.1, 0.15) is 32.3 Å². The van der Waals surface area contributed by atoms with Gasteiger partial charge in [-0.05, 0) is 24.5 Å². The molecule has 5 heteroatoms. The maximum Gasteiger partial charge on any atom is 0.226 e. The molecule has 5 nitrogen and oxygen atoms in total. The fourth-order valence-electron chi connectivity index (χ4n) is 3.15. The lowest BCUT2D eigenvalue weighted by Crippen LogP contribution is -2.47. The van der Waals surface area contributed by atoms with Gasteiger partial charge in [0.25, 0.3) is 0 Å². The monoisotopic (exact) mass is 300 g/mol. The van der Waals surface area contributed by atoms with Crippen molar-refractivity contribution in [2.24, 2.45) is 0 Å². The molecule has 2 heterocycles. The van der Waals surface area contributed by atoms with Crippen LogP contribution >= 0.6 is 0 Å². The molecule has 22 heavy (non-hydrogen) atoms. The molecule has 1 aromatic heterocycles. The molecule has 1 amide bonds. The summed E-state index contributed by atoms with van der Waals surface area (Å²) in [5.74, 6) is 0.224. The Kier molecular flexibility index (Phi) is 4.43. The molecule has 0 saturated carbocycles. The van der Waals surface area contributed by atoms with E-state index in [1.54, 1.807) is 6.20 Å². The molecule has 0 atom stereocenters. The number of nitrogens with zero attached hydrogens (tertiary/aromatic N) is 2. The molecule has 0 aliphatic carbocycles. The topological polar surface area (TPSA) is 61.0 Å². The van der Waals surface area contributed by atoms with E-state index in [4.69, 9.17) is 0 Å². The normalized spacial score (nSPS) is 16.6. The molecule has 0 bridgehead atoms. The smallest absolute Gasteiger partial charge is 0.226 e. The number of carbonyl (C=O) groups excluding carboxylic acids is 1. The van der Waals surface area contributed by atoms with E-state index < -0.39 is 0 Å². The fraction of sp³-hybridized carbons (Fsp3) is 0.529. The molecular formula is C17H24N4O. The molecule has 1 aromatic carbocycles. The number of aromatic amines is 1. The third-order valence-corrected chi connectivity index (χ3v) is 4.28. The number of benzene rings is 1. The van der Waals surface area contributed by atoms with Crippen LogP contribution in [0.3, 0.4) is 0 Å². The van der Waals surface area contributed by atoms with E-state index in [1.807, 2.05) is 23.1 Å². The number of amides is 1. The van der Waals surface area contributed by atoms with E-state index in [9.17, 15) is 4.79 Å². The van der Waals surface area contributed by atoms with Crippen molar-refractivity contribution >= 4 is 16.8 Å². The molecule has 0 radical (unpaired) electrons. The molecule has 1 saturated heterocycles. The Morgan fingerprint density at radius 2 is 2.18 bits per heavy atom. The number of nitrogens with one attached hydrogen (secondary N) is 2. The summed E-state index contributed by atoms with van der Waals surface area (Å²) in [6.07, 6.45) is 4.36. The van der Waals surface area contributed by atoms with Crippen molar-refractivity contribution in [1.82, 2.24) is 20.4 Å². The Balaban J connectivity index is 1.56. The molecule has 1 aliphatic rings. The van der Waals surface area contributed by atoms with Gasteiger partial charge in [0.15, 0.2) is 0 Å². The summed E-state index contributed by atoms with van der Waals surface area (Å²) >= 11 is 0. The Hall–Kier alpha value is -1.88. The first kappa shape index (κ1) is 15.0. The van der Waals surface area contributed by atoms with Gasteiger partial charge in [-0.2, -0.15) is 5.10 Å². The van der Waals surface area contributed by atoms with Crippen molar-refractivity contribution in [3.05, 3.63) is 30.0 Å². The van der Waals surface area contributed by atoms with Gasteiger partial charge in [0.05, 0.1) is 18.1 Å². The van der Waals surface area contributed by atoms with E-state index in [1.165, 1.54) is 0 Å². The zero-order valence-electron chi connectivity index (χ0n) is 13.3. The summed E-state index contributed by atoms with van der Waals surface area (Å²) in [5.41, 5.74) is 2.04. The number of fused-ring (bicyclic) bond motifs is 1. The summed E-state index contributed by atoms with van der Waals surface area (Å²) in [4.78, 5) is 14.4. The average molecular weight is 300 g/mol. The second-order valence-corrected chi connectivity index (χ2v) is 6.44. The Bertz CT molecular complexity index is 641. The van der Waals surface area contributed by atoms with Crippen molar-refractivity contribution in [2.45, 2.75) is 45.2 Å². The molecule has 118 valence electrons. The Labute approximate surface area is 131 Å². The third kappa shape index (κ3) is 3.47. The first-order chi connectivity index (χ1) is 10.6. The first-order valence-electron chi connectivity index (χ1n) is 8.07. The molecule has 0 unspecified atom stereocenters. The van der Waals surface area contributed by atoms with Crippen LogP contribution in [0.25, 0.3) is 10.9 Å². The highest BCUT2D eigenvalue weighted by atomic mass is 16.2. The van der Waals surface area contributed by atoms with Gasteiger partial charge in [-0.15, -0.1) is 0 Å². The maximum absolute atomic E-state index is 12.5. The van der Waals surface area contributed by atoms with Crippen LogP contribution in [0.4, 0.5) is 0 Å². The van der Waals surface area contributed by atoms with E-state index in [0.29, 0.717) is 18.5 Å².